The summed E-state index contributed by atoms with van der Waals surface area (Å²) in [6, 6.07) is 2.42. The zero-order valence-corrected chi connectivity index (χ0v) is 20.8. The van der Waals surface area contributed by atoms with Gasteiger partial charge in [-0.15, -0.1) is 0 Å². The van der Waals surface area contributed by atoms with Gasteiger partial charge in [0.25, 0.3) is 0 Å². The maximum Gasteiger partial charge on any atom is 0.338 e. The van der Waals surface area contributed by atoms with E-state index in [2.05, 4.69) is 26.2 Å². The summed E-state index contributed by atoms with van der Waals surface area (Å²) in [5.74, 6) is -1.15. The number of nitrogens with one attached hydrogen (secondary N) is 1. The van der Waals surface area contributed by atoms with Crippen LogP contribution in [0.25, 0.3) is 0 Å². The Bertz CT molecular complexity index is 1200. The Morgan fingerprint density at radius 2 is 2.20 bits per heavy atom. The second-order valence-corrected chi connectivity index (χ2v) is 8.90. The largest absolute Gasteiger partial charge is 0.480 e. The fourth-order valence-electron chi connectivity index (χ4n) is 4.08. The van der Waals surface area contributed by atoms with E-state index in [1.54, 1.807) is 34.9 Å². The molecule has 2 aliphatic heterocycles. The first kappa shape index (κ1) is 25.0. The van der Waals surface area contributed by atoms with Gasteiger partial charge in [-0.3, -0.25) is 14.7 Å². The Morgan fingerprint density at radius 3 is 2.86 bits per heavy atom. The lowest BCUT2D eigenvalue weighted by Crippen LogP contribution is -2.52. The number of nitrogens with zero attached hydrogens (tertiary/aromatic N) is 4. The summed E-state index contributed by atoms with van der Waals surface area (Å²) in [4.78, 5) is 36.0. The van der Waals surface area contributed by atoms with Gasteiger partial charge in [0.1, 0.15) is 17.9 Å². The van der Waals surface area contributed by atoms with Crippen LogP contribution in [0, 0.1) is 5.82 Å². The van der Waals surface area contributed by atoms with Gasteiger partial charge in [-0.05, 0) is 24.6 Å². The van der Waals surface area contributed by atoms with Gasteiger partial charge in [0, 0.05) is 42.7 Å². The molecule has 0 aliphatic carbocycles. The topological polar surface area (TPSA) is 118 Å². The van der Waals surface area contributed by atoms with Crippen molar-refractivity contribution in [2.75, 3.05) is 32.9 Å². The number of carbonyl (C=O) groups excluding carboxylic acids is 1. The molecule has 2 aliphatic rings. The Hall–Kier alpha value is -3.09. The third-order valence-electron chi connectivity index (χ3n) is 5.80. The Morgan fingerprint density at radius 1 is 1.40 bits per heavy atom. The van der Waals surface area contributed by atoms with E-state index < -0.39 is 29.8 Å². The number of hydrogen-bond donors (Lipinski definition) is 2. The van der Waals surface area contributed by atoms with Crippen molar-refractivity contribution in [3.63, 3.8) is 0 Å². The molecule has 0 amide bonds. The maximum absolute atomic E-state index is 13.9. The predicted octanol–water partition coefficient (Wildman–Crippen LogP) is 2.02. The highest BCUT2D eigenvalue weighted by Gasteiger charge is 2.37. The van der Waals surface area contributed by atoms with Crippen LogP contribution in [0.1, 0.15) is 24.4 Å². The number of aryl methyl sites for hydroxylation is 1. The molecule has 35 heavy (non-hydrogen) atoms. The van der Waals surface area contributed by atoms with E-state index in [9.17, 15) is 19.1 Å². The molecule has 0 unspecified atom stereocenters. The summed E-state index contributed by atoms with van der Waals surface area (Å²) in [6.07, 6.45) is 3.38. The van der Waals surface area contributed by atoms with Crippen LogP contribution in [-0.2, 0) is 26.1 Å². The normalized spacial score (nSPS) is 20.9. The molecule has 1 fully saturated rings. The summed E-state index contributed by atoms with van der Waals surface area (Å²) >= 11 is 3.40. The van der Waals surface area contributed by atoms with E-state index >= 15 is 0 Å². The lowest BCUT2D eigenvalue weighted by molar-refractivity contribution is -0.149. The van der Waals surface area contributed by atoms with E-state index in [-0.39, 0.29) is 25.3 Å². The van der Waals surface area contributed by atoms with Crippen molar-refractivity contribution < 1.29 is 28.6 Å². The number of carbonyl (C=O) groups is 2. The minimum Gasteiger partial charge on any atom is -0.480 e. The minimum absolute atomic E-state index is 0.0323. The number of benzene rings is 1. The number of ether oxygens (including phenoxy) is 2. The molecule has 3 heterocycles. The highest BCUT2D eigenvalue weighted by molar-refractivity contribution is 9.10. The van der Waals surface area contributed by atoms with Gasteiger partial charge < -0.3 is 24.5 Å². The summed E-state index contributed by atoms with van der Waals surface area (Å²) in [7, 11) is 1.81. The number of aliphatic carboxylic acids is 1. The number of imidazole rings is 1. The molecule has 186 valence electrons. The third-order valence-corrected chi connectivity index (χ3v) is 6.48. The molecule has 0 radical (unpaired) electrons. The second-order valence-electron chi connectivity index (χ2n) is 8.04. The average Bonchev–Trinajstić information content (AvgIpc) is 3.25. The number of esters is 1. The molecule has 4 rings (SSSR count). The van der Waals surface area contributed by atoms with Gasteiger partial charge in [-0.2, -0.15) is 0 Å². The lowest BCUT2D eigenvalue weighted by atomic mass is 9.95. The highest BCUT2D eigenvalue weighted by atomic mass is 79.9. The molecule has 1 saturated heterocycles. The highest BCUT2D eigenvalue weighted by Crippen LogP contribution is 2.37. The number of aromatic nitrogens is 2. The number of halogens is 2. The van der Waals surface area contributed by atoms with Gasteiger partial charge in [0.2, 0.25) is 0 Å². The first-order valence-electron chi connectivity index (χ1n) is 11.0. The van der Waals surface area contributed by atoms with Crippen molar-refractivity contribution in [3.8, 4) is 0 Å². The number of carboxylic acids is 1. The van der Waals surface area contributed by atoms with Crippen LogP contribution in [0.15, 0.2) is 51.3 Å². The fourth-order valence-corrected chi connectivity index (χ4v) is 4.65. The monoisotopic (exact) mass is 549 g/mol. The molecule has 1 aromatic carbocycles. The molecule has 12 heteroatoms. The molecule has 1 aromatic heterocycles. The van der Waals surface area contributed by atoms with Crippen LogP contribution in [0.3, 0.4) is 0 Å². The zero-order chi connectivity index (χ0) is 25.1. The van der Waals surface area contributed by atoms with Crippen molar-refractivity contribution >= 4 is 33.7 Å². The average molecular weight is 550 g/mol. The molecule has 10 nitrogen and oxygen atoms in total. The number of amidine groups is 1. The number of hydrogen-bond acceptors (Lipinski definition) is 8. The Labute approximate surface area is 209 Å². The fraction of sp³-hybridized carbons (Fsp3) is 0.391. The predicted molar refractivity (Wildman–Crippen MR) is 127 cm³/mol. The molecule has 2 atom stereocenters. The summed E-state index contributed by atoms with van der Waals surface area (Å²) in [6.45, 7) is 2.69. The van der Waals surface area contributed by atoms with Gasteiger partial charge >= 0.3 is 11.9 Å². The van der Waals surface area contributed by atoms with Gasteiger partial charge in [0.15, 0.2) is 11.7 Å². The number of morpholine rings is 1. The van der Waals surface area contributed by atoms with E-state index in [0.717, 1.165) is 0 Å². The quantitative estimate of drug-likeness (QED) is 0.503. The molecule has 0 saturated carbocycles. The molecular weight excluding hydrogens is 525 g/mol. The van der Waals surface area contributed by atoms with Crippen molar-refractivity contribution in [1.29, 1.82) is 0 Å². The van der Waals surface area contributed by atoms with E-state index in [0.29, 0.717) is 40.5 Å². The van der Waals surface area contributed by atoms with E-state index in [1.165, 1.54) is 12.1 Å². The van der Waals surface area contributed by atoms with Crippen LogP contribution in [-0.4, -0.2) is 76.3 Å². The number of aliphatic imine (C=N–C) groups is 1. The Kier molecular flexibility index (Phi) is 7.63. The summed E-state index contributed by atoms with van der Waals surface area (Å²) in [5.41, 5.74) is 1.20. The first-order chi connectivity index (χ1) is 16.8. The Balaban J connectivity index is 1.85. The van der Waals surface area contributed by atoms with Crippen LogP contribution in [0.4, 0.5) is 4.39 Å². The van der Waals surface area contributed by atoms with Crippen molar-refractivity contribution in [2.45, 2.75) is 19.0 Å². The van der Waals surface area contributed by atoms with Crippen molar-refractivity contribution in [1.82, 2.24) is 19.8 Å². The second kappa shape index (κ2) is 10.7. The van der Waals surface area contributed by atoms with Gasteiger partial charge in [-0.25, -0.2) is 14.2 Å². The molecule has 0 bridgehead atoms. The van der Waals surface area contributed by atoms with Crippen LogP contribution >= 0.6 is 15.9 Å². The summed E-state index contributed by atoms with van der Waals surface area (Å²) < 4.78 is 26.8. The van der Waals surface area contributed by atoms with Crippen molar-refractivity contribution in [2.24, 2.45) is 12.0 Å². The van der Waals surface area contributed by atoms with Crippen LogP contribution in [0.2, 0.25) is 0 Å². The van der Waals surface area contributed by atoms with E-state index in [4.69, 9.17) is 14.5 Å². The number of carboxylic acid groups (broad SMARTS) is 1. The molecule has 2 N–H and O–H groups in total. The standard InChI is InChI=1S/C23H25BrFN5O5/c1-3-35-23(33)18-16(11-30-8-9-34-12-17(30)22(31)32)27-20(21-26-6-7-29(21)2)28-19(18)14-5-4-13(25)10-15(14)24/h4-7,10,17,19H,3,8-9,11-12H2,1-2H3,(H,27,28)(H,31,32)/t17-,19-/m0/s1. The maximum atomic E-state index is 13.9. The molecule has 0 spiro atoms. The minimum atomic E-state index is -1.02. The lowest BCUT2D eigenvalue weighted by Gasteiger charge is -2.35. The van der Waals surface area contributed by atoms with Gasteiger partial charge in [0.05, 0.1) is 25.4 Å². The first-order valence-corrected chi connectivity index (χ1v) is 11.8. The van der Waals surface area contributed by atoms with E-state index in [1.807, 2.05) is 7.05 Å². The molecule has 2 aromatic rings. The molecular formula is C23H25BrFN5O5. The zero-order valence-electron chi connectivity index (χ0n) is 19.2. The number of rotatable bonds is 7. The smallest absolute Gasteiger partial charge is 0.338 e. The third kappa shape index (κ3) is 5.29. The van der Waals surface area contributed by atoms with Crippen molar-refractivity contribution in [3.05, 3.63) is 63.5 Å². The van der Waals surface area contributed by atoms with Gasteiger partial charge in [-0.1, -0.05) is 22.0 Å². The van der Waals surface area contributed by atoms with Crippen LogP contribution in [0.5, 0.6) is 0 Å². The SMILES string of the molecule is CCOC(=O)C1=C(CN2CCOC[C@H]2C(=O)O)NC(c2nccn2C)=N[C@H]1c1ccc(F)cc1Br. The van der Waals surface area contributed by atoms with Crippen LogP contribution < -0.4 is 5.32 Å². The summed E-state index contributed by atoms with van der Waals surface area (Å²) in [5, 5.41) is 12.9.